The van der Waals surface area contributed by atoms with Gasteiger partial charge in [0.15, 0.2) is 0 Å². The quantitative estimate of drug-likeness (QED) is 0.877. The maximum atomic E-state index is 10.1. The van der Waals surface area contributed by atoms with Gasteiger partial charge in [-0.2, -0.15) is 5.26 Å². The van der Waals surface area contributed by atoms with Crippen LogP contribution in [0.15, 0.2) is 48.7 Å². The highest BCUT2D eigenvalue weighted by atomic mass is 16.3. The number of pyridine rings is 1. The molecule has 4 nitrogen and oxygen atoms in total. The molecule has 0 saturated carbocycles. The minimum Gasteiger partial charge on any atom is -0.396 e. The molecule has 4 heteroatoms. The summed E-state index contributed by atoms with van der Waals surface area (Å²) in [5.74, 6) is 0.755. The van der Waals surface area contributed by atoms with Crippen molar-refractivity contribution in [3.63, 3.8) is 0 Å². The third-order valence-corrected chi connectivity index (χ3v) is 5.22. The minimum atomic E-state index is -0.0999. The van der Waals surface area contributed by atoms with Crippen LogP contribution in [0.3, 0.4) is 0 Å². The summed E-state index contributed by atoms with van der Waals surface area (Å²) in [6, 6.07) is 16.3. The second-order valence-electron chi connectivity index (χ2n) is 7.01. The molecule has 1 aromatic carbocycles. The Kier molecular flexibility index (Phi) is 5.67. The number of nitrogens with zero attached hydrogens (tertiary/aromatic N) is 3. The first-order valence-electron chi connectivity index (χ1n) is 9.01. The molecule has 1 aromatic heterocycles. The van der Waals surface area contributed by atoms with E-state index in [4.69, 9.17) is 0 Å². The molecule has 3 rings (SSSR count). The Hall–Kier alpha value is -2.38. The van der Waals surface area contributed by atoms with Crippen molar-refractivity contribution in [2.24, 2.45) is 5.41 Å². The predicted molar refractivity (Wildman–Crippen MR) is 99.3 cm³/mol. The maximum Gasteiger partial charge on any atom is 0.146 e. The molecule has 0 radical (unpaired) electrons. The van der Waals surface area contributed by atoms with Crippen LogP contribution in [0.2, 0.25) is 0 Å². The fourth-order valence-electron chi connectivity index (χ4n) is 3.85. The molecule has 1 fully saturated rings. The Morgan fingerprint density at radius 2 is 2.04 bits per heavy atom. The van der Waals surface area contributed by atoms with Gasteiger partial charge in [0.05, 0.1) is 12.2 Å². The topological polar surface area (TPSA) is 60.2 Å². The van der Waals surface area contributed by atoms with Gasteiger partial charge in [-0.25, -0.2) is 4.98 Å². The van der Waals surface area contributed by atoms with E-state index in [0.717, 1.165) is 51.0 Å². The third-order valence-electron chi connectivity index (χ3n) is 5.22. The van der Waals surface area contributed by atoms with Gasteiger partial charge in [0.1, 0.15) is 11.9 Å². The predicted octanol–water partition coefficient (Wildman–Crippen LogP) is 3.56. The molecule has 1 saturated heterocycles. The van der Waals surface area contributed by atoms with E-state index in [2.05, 4.69) is 40.2 Å². The van der Waals surface area contributed by atoms with Gasteiger partial charge < -0.3 is 10.0 Å². The van der Waals surface area contributed by atoms with Crippen molar-refractivity contribution in [3.8, 4) is 6.07 Å². The molecule has 130 valence electrons. The van der Waals surface area contributed by atoms with E-state index in [1.54, 1.807) is 12.3 Å². The fraction of sp³-hybridized carbons (Fsp3) is 0.429. The Bertz CT molecular complexity index is 725. The van der Waals surface area contributed by atoms with Crippen LogP contribution in [0.4, 0.5) is 5.82 Å². The van der Waals surface area contributed by atoms with Crippen molar-refractivity contribution in [1.82, 2.24) is 4.98 Å². The maximum absolute atomic E-state index is 10.1. The molecule has 25 heavy (non-hydrogen) atoms. The number of aryl methyl sites for hydroxylation is 1. The molecule has 1 aliphatic heterocycles. The molecule has 1 N–H and O–H groups in total. The summed E-state index contributed by atoms with van der Waals surface area (Å²) in [5, 5.41) is 19.5. The Morgan fingerprint density at radius 1 is 1.20 bits per heavy atom. The summed E-state index contributed by atoms with van der Waals surface area (Å²) in [4.78, 5) is 6.60. The lowest BCUT2D eigenvalue weighted by Crippen LogP contribution is -2.46. The van der Waals surface area contributed by atoms with Crippen LogP contribution in [0.5, 0.6) is 0 Å². The molecule has 0 spiro atoms. The summed E-state index contributed by atoms with van der Waals surface area (Å²) in [7, 11) is 0. The highest BCUT2D eigenvalue weighted by Crippen LogP contribution is 2.36. The molecule has 2 aromatic rings. The monoisotopic (exact) mass is 335 g/mol. The van der Waals surface area contributed by atoms with Gasteiger partial charge in [0, 0.05) is 24.7 Å². The highest BCUT2D eigenvalue weighted by Gasteiger charge is 2.35. The van der Waals surface area contributed by atoms with E-state index in [1.807, 2.05) is 12.1 Å². The lowest BCUT2D eigenvalue weighted by molar-refractivity contribution is 0.0938. The summed E-state index contributed by atoms with van der Waals surface area (Å²) in [6.45, 7) is 1.85. The summed E-state index contributed by atoms with van der Waals surface area (Å²) < 4.78 is 0. The lowest BCUT2D eigenvalue weighted by atomic mass is 9.76. The van der Waals surface area contributed by atoms with Gasteiger partial charge in [0.25, 0.3) is 0 Å². The van der Waals surface area contributed by atoms with Crippen LogP contribution in [0.1, 0.15) is 36.8 Å². The van der Waals surface area contributed by atoms with Gasteiger partial charge >= 0.3 is 0 Å². The molecule has 1 aliphatic rings. The molecule has 0 amide bonds. The zero-order chi connectivity index (χ0) is 17.5. The largest absolute Gasteiger partial charge is 0.396 e. The van der Waals surface area contributed by atoms with Crippen LogP contribution >= 0.6 is 0 Å². The van der Waals surface area contributed by atoms with E-state index in [0.29, 0.717) is 5.56 Å². The van der Waals surface area contributed by atoms with Gasteiger partial charge in [-0.15, -0.1) is 0 Å². The number of hydrogen-bond acceptors (Lipinski definition) is 4. The second kappa shape index (κ2) is 8.13. The summed E-state index contributed by atoms with van der Waals surface area (Å²) >= 11 is 0. The highest BCUT2D eigenvalue weighted by molar-refractivity contribution is 5.53. The standard InChI is InChI=1S/C21H25N3O/c22-15-19-10-5-13-23-20(19)24-14-6-12-21(16-24,17-25)11-4-9-18-7-2-1-3-8-18/h1-3,5,7-8,10,13,25H,4,6,9,11-12,14,16-17H2. The molecule has 0 bridgehead atoms. The van der Waals surface area contributed by atoms with Gasteiger partial charge in [-0.05, 0) is 49.8 Å². The Morgan fingerprint density at radius 3 is 2.80 bits per heavy atom. The molecule has 0 aliphatic carbocycles. The number of aromatic nitrogens is 1. The van der Waals surface area contributed by atoms with E-state index in [-0.39, 0.29) is 12.0 Å². The fourth-order valence-corrected chi connectivity index (χ4v) is 3.85. The zero-order valence-corrected chi connectivity index (χ0v) is 14.6. The molecule has 2 heterocycles. The minimum absolute atomic E-state index is 0.0999. The van der Waals surface area contributed by atoms with Crippen molar-refractivity contribution >= 4 is 5.82 Å². The number of hydrogen-bond donors (Lipinski definition) is 1. The van der Waals surface area contributed by atoms with Crippen molar-refractivity contribution in [2.45, 2.75) is 32.1 Å². The normalized spacial score (nSPS) is 20.2. The van der Waals surface area contributed by atoms with E-state index >= 15 is 0 Å². The van der Waals surface area contributed by atoms with Gasteiger partial charge in [0.2, 0.25) is 0 Å². The zero-order valence-electron chi connectivity index (χ0n) is 14.6. The van der Waals surface area contributed by atoms with Crippen LogP contribution in [0.25, 0.3) is 0 Å². The van der Waals surface area contributed by atoms with Gasteiger partial charge in [-0.1, -0.05) is 30.3 Å². The average Bonchev–Trinajstić information content (AvgIpc) is 2.69. The molecule has 1 unspecified atom stereocenters. The van der Waals surface area contributed by atoms with E-state index in [9.17, 15) is 10.4 Å². The number of aliphatic hydroxyl groups excluding tert-OH is 1. The first-order chi connectivity index (χ1) is 12.3. The number of anilines is 1. The van der Waals surface area contributed by atoms with E-state index in [1.165, 1.54) is 5.56 Å². The number of benzene rings is 1. The first kappa shape index (κ1) is 17.4. The smallest absolute Gasteiger partial charge is 0.146 e. The van der Waals surface area contributed by atoms with Crippen molar-refractivity contribution in [1.29, 1.82) is 5.26 Å². The number of aliphatic hydroxyl groups is 1. The van der Waals surface area contributed by atoms with Gasteiger partial charge in [-0.3, -0.25) is 0 Å². The van der Waals surface area contributed by atoms with Crippen LogP contribution < -0.4 is 4.90 Å². The van der Waals surface area contributed by atoms with Crippen LogP contribution in [-0.2, 0) is 6.42 Å². The number of piperidine rings is 1. The molecular weight excluding hydrogens is 310 g/mol. The summed E-state index contributed by atoms with van der Waals surface area (Å²) in [5.41, 5.74) is 1.86. The third kappa shape index (κ3) is 4.18. The van der Waals surface area contributed by atoms with Crippen LogP contribution in [0, 0.1) is 16.7 Å². The lowest BCUT2D eigenvalue weighted by Gasteiger charge is -2.42. The Balaban J connectivity index is 1.67. The van der Waals surface area contributed by atoms with E-state index < -0.39 is 0 Å². The second-order valence-corrected chi connectivity index (χ2v) is 7.01. The average molecular weight is 335 g/mol. The molecular formula is C21H25N3O. The number of nitriles is 1. The van der Waals surface area contributed by atoms with Crippen LogP contribution in [-0.4, -0.2) is 29.8 Å². The van der Waals surface area contributed by atoms with Crippen molar-refractivity contribution in [3.05, 3.63) is 59.8 Å². The first-order valence-corrected chi connectivity index (χ1v) is 9.01. The Labute approximate surface area is 149 Å². The SMILES string of the molecule is N#Cc1cccnc1N1CCCC(CO)(CCCc2ccccc2)C1. The van der Waals surface area contributed by atoms with Crippen molar-refractivity contribution in [2.75, 3.05) is 24.6 Å². The number of rotatable bonds is 6. The molecule has 1 atom stereocenters. The summed E-state index contributed by atoms with van der Waals surface area (Å²) in [6.07, 6.45) is 6.88. The van der Waals surface area contributed by atoms with Crippen molar-refractivity contribution < 1.29 is 5.11 Å².